The number of hydrogen-bond donors (Lipinski definition) is 0. The van der Waals surface area contributed by atoms with Crippen molar-refractivity contribution in [3.05, 3.63) is 58.8 Å². The summed E-state index contributed by atoms with van der Waals surface area (Å²) in [5.41, 5.74) is -0.0625. The van der Waals surface area contributed by atoms with Crippen LogP contribution in [-0.2, 0) is 4.74 Å². The SMILES string of the molecule is O=C(Oc1ccc([N+](=O)[O-])cc1)O[C@@H]1CCCCC[C@H]1SSc1ccccn1. The van der Waals surface area contributed by atoms with Gasteiger partial charge in [0.05, 0.1) is 10.2 Å². The highest BCUT2D eigenvalue weighted by Gasteiger charge is 2.29. The largest absolute Gasteiger partial charge is 0.514 e. The lowest BCUT2D eigenvalue weighted by atomic mass is 10.1. The highest BCUT2D eigenvalue weighted by atomic mass is 33.1. The zero-order valence-electron chi connectivity index (χ0n) is 15.1. The number of nitro benzene ring substituents is 1. The van der Waals surface area contributed by atoms with Gasteiger partial charge >= 0.3 is 6.16 Å². The molecule has 148 valence electrons. The summed E-state index contributed by atoms with van der Waals surface area (Å²) in [5, 5.41) is 11.8. The van der Waals surface area contributed by atoms with E-state index in [1.54, 1.807) is 27.8 Å². The van der Waals surface area contributed by atoms with Gasteiger partial charge in [0.15, 0.2) is 0 Å². The Labute approximate surface area is 170 Å². The number of carbonyl (C=O) groups excluding carboxylic acids is 1. The van der Waals surface area contributed by atoms with E-state index in [2.05, 4.69) is 4.98 Å². The van der Waals surface area contributed by atoms with Crippen LogP contribution in [0.4, 0.5) is 10.5 Å². The van der Waals surface area contributed by atoms with Crippen LogP contribution in [0.1, 0.15) is 32.1 Å². The predicted molar refractivity (Wildman–Crippen MR) is 109 cm³/mol. The van der Waals surface area contributed by atoms with E-state index in [-0.39, 0.29) is 22.8 Å². The van der Waals surface area contributed by atoms with E-state index in [0.29, 0.717) is 0 Å². The molecule has 3 rings (SSSR count). The molecular formula is C19H20N2O5S2. The van der Waals surface area contributed by atoms with Crippen LogP contribution in [0.3, 0.4) is 0 Å². The van der Waals surface area contributed by atoms with Crippen LogP contribution in [0.25, 0.3) is 0 Å². The standard InChI is InChI=1S/C19H20N2O5S2/c22-19(25-15-11-9-14(10-12-15)21(23)24)26-16-6-2-1-3-7-17(16)27-28-18-8-4-5-13-20-18/h4-5,8-13,16-17H,1-3,6-7H2/t16-,17-/m1/s1. The Bertz CT molecular complexity index is 789. The minimum Gasteiger partial charge on any atom is -0.429 e. The molecule has 0 aliphatic heterocycles. The molecule has 0 radical (unpaired) electrons. The summed E-state index contributed by atoms with van der Waals surface area (Å²) in [5.74, 6) is 0.219. The van der Waals surface area contributed by atoms with Crippen LogP contribution in [-0.4, -0.2) is 27.4 Å². The third-order valence-corrected chi connectivity index (χ3v) is 7.12. The van der Waals surface area contributed by atoms with E-state index in [0.717, 1.165) is 37.1 Å². The molecule has 0 amide bonds. The molecule has 0 spiro atoms. The molecule has 2 aromatic rings. The highest BCUT2D eigenvalue weighted by Crippen LogP contribution is 2.40. The molecule has 0 bridgehead atoms. The first-order valence-electron chi connectivity index (χ1n) is 8.99. The van der Waals surface area contributed by atoms with E-state index in [4.69, 9.17) is 9.47 Å². The van der Waals surface area contributed by atoms with Gasteiger partial charge in [-0.15, -0.1) is 0 Å². The van der Waals surface area contributed by atoms with Crippen molar-refractivity contribution < 1.29 is 19.2 Å². The van der Waals surface area contributed by atoms with Crippen molar-refractivity contribution in [2.75, 3.05) is 0 Å². The number of nitro groups is 1. The zero-order valence-corrected chi connectivity index (χ0v) is 16.7. The summed E-state index contributed by atoms with van der Waals surface area (Å²) in [4.78, 5) is 26.7. The van der Waals surface area contributed by atoms with E-state index >= 15 is 0 Å². The fourth-order valence-corrected chi connectivity index (χ4v) is 5.53. The lowest BCUT2D eigenvalue weighted by Crippen LogP contribution is -2.29. The average molecular weight is 421 g/mol. The number of ether oxygens (including phenoxy) is 2. The second kappa shape index (κ2) is 10.3. The van der Waals surface area contributed by atoms with Crippen molar-refractivity contribution in [1.82, 2.24) is 4.98 Å². The zero-order chi connectivity index (χ0) is 19.8. The summed E-state index contributed by atoms with van der Waals surface area (Å²) in [6.07, 6.45) is 5.69. The Morgan fingerprint density at radius 2 is 1.89 bits per heavy atom. The Morgan fingerprint density at radius 1 is 1.11 bits per heavy atom. The molecule has 0 saturated heterocycles. The highest BCUT2D eigenvalue weighted by molar-refractivity contribution is 8.76. The van der Waals surface area contributed by atoms with Crippen molar-refractivity contribution in [2.45, 2.75) is 48.5 Å². The molecule has 1 fully saturated rings. The molecule has 1 heterocycles. The van der Waals surface area contributed by atoms with E-state index in [1.807, 2.05) is 18.2 Å². The summed E-state index contributed by atoms with van der Waals surface area (Å²) in [7, 11) is 3.26. The van der Waals surface area contributed by atoms with Gasteiger partial charge in [-0.1, -0.05) is 29.7 Å². The number of non-ortho nitro benzene ring substituents is 1. The number of nitrogens with zero attached hydrogens (tertiary/aromatic N) is 2. The van der Waals surface area contributed by atoms with Crippen molar-refractivity contribution >= 4 is 33.4 Å². The Hall–Kier alpha value is -2.26. The van der Waals surface area contributed by atoms with E-state index in [1.165, 1.54) is 24.3 Å². The number of pyridine rings is 1. The van der Waals surface area contributed by atoms with Crippen molar-refractivity contribution in [3.63, 3.8) is 0 Å². The minimum atomic E-state index is -0.783. The topological polar surface area (TPSA) is 91.6 Å². The van der Waals surface area contributed by atoms with Gasteiger partial charge < -0.3 is 9.47 Å². The quantitative estimate of drug-likeness (QED) is 0.148. The smallest absolute Gasteiger partial charge is 0.429 e. The maximum Gasteiger partial charge on any atom is 0.514 e. The molecule has 1 aliphatic carbocycles. The monoisotopic (exact) mass is 420 g/mol. The molecule has 7 nitrogen and oxygen atoms in total. The lowest BCUT2D eigenvalue weighted by molar-refractivity contribution is -0.384. The molecule has 1 aromatic heterocycles. The van der Waals surface area contributed by atoms with Crippen LogP contribution in [0.5, 0.6) is 5.75 Å². The first kappa shape index (κ1) is 20.5. The Morgan fingerprint density at radius 3 is 2.61 bits per heavy atom. The molecule has 1 saturated carbocycles. The van der Waals surface area contributed by atoms with Gasteiger partial charge in [0.1, 0.15) is 16.9 Å². The van der Waals surface area contributed by atoms with Gasteiger partial charge in [-0.2, -0.15) is 0 Å². The van der Waals surface area contributed by atoms with Gasteiger partial charge in [-0.05, 0) is 54.3 Å². The van der Waals surface area contributed by atoms with Crippen molar-refractivity contribution in [3.8, 4) is 5.75 Å². The molecule has 1 aliphatic rings. The second-order valence-electron chi connectivity index (χ2n) is 6.28. The summed E-state index contributed by atoms with van der Waals surface area (Å²) >= 11 is 0. The molecule has 0 N–H and O–H groups in total. The molecule has 0 unspecified atom stereocenters. The molecule has 2 atom stereocenters. The first-order chi connectivity index (χ1) is 13.6. The fraction of sp³-hybridized carbons (Fsp3) is 0.368. The second-order valence-corrected chi connectivity index (χ2v) is 8.74. The van der Waals surface area contributed by atoms with Crippen molar-refractivity contribution in [2.24, 2.45) is 0 Å². The minimum absolute atomic E-state index is 0.0625. The summed E-state index contributed by atoms with van der Waals surface area (Å²) in [6.45, 7) is 0. The fourth-order valence-electron chi connectivity index (χ4n) is 2.87. The molecule has 28 heavy (non-hydrogen) atoms. The van der Waals surface area contributed by atoms with Crippen LogP contribution in [0.15, 0.2) is 53.7 Å². The molecule has 9 heteroatoms. The normalized spacial score (nSPS) is 19.4. The number of benzene rings is 1. The first-order valence-corrected chi connectivity index (χ1v) is 11.2. The predicted octanol–water partition coefficient (Wildman–Crippen LogP) is 5.65. The van der Waals surface area contributed by atoms with Gasteiger partial charge in [0.25, 0.3) is 5.69 Å². The van der Waals surface area contributed by atoms with Gasteiger partial charge in [-0.3, -0.25) is 10.1 Å². The maximum atomic E-state index is 12.2. The van der Waals surface area contributed by atoms with Crippen LogP contribution >= 0.6 is 21.6 Å². The van der Waals surface area contributed by atoms with Crippen LogP contribution in [0.2, 0.25) is 0 Å². The summed E-state index contributed by atoms with van der Waals surface area (Å²) in [6, 6.07) is 11.1. The van der Waals surface area contributed by atoms with Gasteiger partial charge in [-0.25, -0.2) is 9.78 Å². The molecular weight excluding hydrogens is 400 g/mol. The van der Waals surface area contributed by atoms with E-state index < -0.39 is 11.1 Å². The molecule has 1 aromatic carbocycles. The third kappa shape index (κ3) is 6.13. The number of carbonyl (C=O) groups is 1. The van der Waals surface area contributed by atoms with Crippen LogP contribution in [0, 0.1) is 10.1 Å². The van der Waals surface area contributed by atoms with Gasteiger partial charge in [0.2, 0.25) is 0 Å². The summed E-state index contributed by atoms with van der Waals surface area (Å²) < 4.78 is 10.8. The Balaban J connectivity index is 1.57. The van der Waals surface area contributed by atoms with Crippen LogP contribution < -0.4 is 4.74 Å². The number of rotatable bonds is 6. The average Bonchev–Trinajstić information content (AvgIpc) is 2.92. The Kier molecular flexibility index (Phi) is 7.55. The van der Waals surface area contributed by atoms with E-state index in [9.17, 15) is 14.9 Å². The third-order valence-electron chi connectivity index (χ3n) is 4.28. The lowest BCUT2D eigenvalue weighted by Gasteiger charge is -2.23. The number of aromatic nitrogens is 1. The maximum absolute atomic E-state index is 12.2. The number of hydrogen-bond acceptors (Lipinski definition) is 8. The van der Waals surface area contributed by atoms with Gasteiger partial charge in [0, 0.05) is 18.3 Å². The van der Waals surface area contributed by atoms with Crippen molar-refractivity contribution in [1.29, 1.82) is 0 Å².